The van der Waals surface area contributed by atoms with Gasteiger partial charge in [0.1, 0.15) is 6.61 Å². The Bertz CT molecular complexity index is 383. The fourth-order valence-corrected chi connectivity index (χ4v) is 1.43. The SMILES string of the molecule is CCCCOCCOc1ccc(N)c(OCC(C)C)n1. The summed E-state index contributed by atoms with van der Waals surface area (Å²) in [5, 5.41) is 0. The summed E-state index contributed by atoms with van der Waals surface area (Å²) in [4.78, 5) is 4.25. The molecule has 0 saturated heterocycles. The first-order chi connectivity index (χ1) is 9.63. The van der Waals surface area contributed by atoms with E-state index in [4.69, 9.17) is 19.9 Å². The fourth-order valence-electron chi connectivity index (χ4n) is 1.43. The van der Waals surface area contributed by atoms with Gasteiger partial charge in [0.2, 0.25) is 11.8 Å². The van der Waals surface area contributed by atoms with Gasteiger partial charge in [-0.25, -0.2) is 0 Å². The number of hydrogen-bond acceptors (Lipinski definition) is 5. The molecule has 0 amide bonds. The van der Waals surface area contributed by atoms with Crippen LogP contribution in [0, 0.1) is 5.92 Å². The van der Waals surface area contributed by atoms with Crippen molar-refractivity contribution in [3.05, 3.63) is 12.1 Å². The summed E-state index contributed by atoms with van der Waals surface area (Å²) in [6.45, 7) is 8.68. The van der Waals surface area contributed by atoms with Crippen molar-refractivity contribution in [2.75, 3.05) is 32.2 Å². The molecule has 5 heteroatoms. The third-order valence-corrected chi connectivity index (χ3v) is 2.54. The maximum atomic E-state index is 5.82. The van der Waals surface area contributed by atoms with Gasteiger partial charge in [0.25, 0.3) is 0 Å². The molecule has 0 saturated carbocycles. The maximum absolute atomic E-state index is 5.82. The Kier molecular flexibility index (Phi) is 7.80. The molecule has 5 nitrogen and oxygen atoms in total. The van der Waals surface area contributed by atoms with E-state index in [1.807, 2.05) is 0 Å². The van der Waals surface area contributed by atoms with Crippen molar-refractivity contribution in [3.63, 3.8) is 0 Å². The highest BCUT2D eigenvalue weighted by atomic mass is 16.5. The van der Waals surface area contributed by atoms with Gasteiger partial charge >= 0.3 is 0 Å². The molecule has 0 aliphatic carbocycles. The summed E-state index contributed by atoms with van der Waals surface area (Å²) in [6.07, 6.45) is 2.21. The molecule has 1 rings (SSSR count). The van der Waals surface area contributed by atoms with Crippen LogP contribution in [0.1, 0.15) is 33.6 Å². The van der Waals surface area contributed by atoms with E-state index in [-0.39, 0.29) is 0 Å². The average Bonchev–Trinajstić information content (AvgIpc) is 2.42. The number of nitrogen functional groups attached to an aromatic ring is 1. The number of nitrogens with zero attached hydrogens (tertiary/aromatic N) is 1. The summed E-state index contributed by atoms with van der Waals surface area (Å²) in [5.74, 6) is 1.37. The van der Waals surface area contributed by atoms with Gasteiger partial charge in [-0.15, -0.1) is 0 Å². The molecular weight excluding hydrogens is 256 g/mol. The Morgan fingerprint density at radius 3 is 2.65 bits per heavy atom. The first-order valence-electron chi connectivity index (χ1n) is 7.23. The molecular formula is C15H26N2O3. The third-order valence-electron chi connectivity index (χ3n) is 2.54. The van der Waals surface area contributed by atoms with Crippen molar-refractivity contribution < 1.29 is 14.2 Å². The van der Waals surface area contributed by atoms with E-state index >= 15 is 0 Å². The summed E-state index contributed by atoms with van der Waals surface area (Å²) in [5.41, 5.74) is 6.34. The largest absolute Gasteiger partial charge is 0.476 e. The van der Waals surface area contributed by atoms with Crippen LogP contribution in [0.15, 0.2) is 12.1 Å². The molecule has 0 fully saturated rings. The van der Waals surface area contributed by atoms with E-state index in [0.717, 1.165) is 19.4 Å². The van der Waals surface area contributed by atoms with E-state index in [1.54, 1.807) is 12.1 Å². The summed E-state index contributed by atoms with van der Waals surface area (Å²) >= 11 is 0. The zero-order valence-electron chi connectivity index (χ0n) is 12.7. The predicted molar refractivity (Wildman–Crippen MR) is 80.2 cm³/mol. The van der Waals surface area contributed by atoms with Crippen molar-refractivity contribution in [2.24, 2.45) is 5.92 Å². The van der Waals surface area contributed by atoms with Crippen LogP contribution in [-0.4, -0.2) is 31.4 Å². The number of unbranched alkanes of at least 4 members (excludes halogenated alkanes) is 1. The van der Waals surface area contributed by atoms with Crippen molar-refractivity contribution >= 4 is 5.69 Å². The predicted octanol–water partition coefficient (Wildman–Crippen LogP) is 2.89. The molecule has 1 aromatic rings. The molecule has 20 heavy (non-hydrogen) atoms. The molecule has 2 N–H and O–H groups in total. The normalized spacial score (nSPS) is 10.8. The molecule has 0 spiro atoms. The van der Waals surface area contributed by atoms with E-state index in [2.05, 4.69) is 25.8 Å². The van der Waals surface area contributed by atoms with Gasteiger partial charge in [-0.2, -0.15) is 4.98 Å². The second-order valence-corrected chi connectivity index (χ2v) is 5.06. The van der Waals surface area contributed by atoms with Crippen LogP contribution < -0.4 is 15.2 Å². The van der Waals surface area contributed by atoms with Crippen molar-refractivity contribution in [3.8, 4) is 11.8 Å². The van der Waals surface area contributed by atoms with Crippen molar-refractivity contribution in [1.82, 2.24) is 4.98 Å². The Morgan fingerprint density at radius 1 is 1.15 bits per heavy atom. The highest BCUT2D eigenvalue weighted by Crippen LogP contribution is 2.22. The van der Waals surface area contributed by atoms with Crippen LogP contribution >= 0.6 is 0 Å². The summed E-state index contributed by atoms with van der Waals surface area (Å²) in [6, 6.07) is 3.49. The van der Waals surface area contributed by atoms with E-state index in [0.29, 0.717) is 43.2 Å². The van der Waals surface area contributed by atoms with Crippen molar-refractivity contribution in [2.45, 2.75) is 33.6 Å². The van der Waals surface area contributed by atoms with Gasteiger partial charge in [0.15, 0.2) is 0 Å². The van der Waals surface area contributed by atoms with Gasteiger partial charge in [-0.1, -0.05) is 27.2 Å². The smallest absolute Gasteiger partial charge is 0.240 e. The number of anilines is 1. The number of nitrogens with two attached hydrogens (primary N) is 1. The highest BCUT2D eigenvalue weighted by molar-refractivity contribution is 5.49. The lowest BCUT2D eigenvalue weighted by molar-refractivity contribution is 0.0961. The Labute approximate surface area is 121 Å². The lowest BCUT2D eigenvalue weighted by Gasteiger charge is -2.12. The zero-order chi connectivity index (χ0) is 14.8. The van der Waals surface area contributed by atoms with E-state index in [1.165, 1.54) is 0 Å². The molecule has 0 unspecified atom stereocenters. The van der Waals surface area contributed by atoms with Gasteiger partial charge < -0.3 is 19.9 Å². The maximum Gasteiger partial charge on any atom is 0.240 e. The van der Waals surface area contributed by atoms with Crippen LogP contribution in [0.25, 0.3) is 0 Å². The zero-order valence-corrected chi connectivity index (χ0v) is 12.7. The van der Waals surface area contributed by atoms with E-state index < -0.39 is 0 Å². The molecule has 0 aliphatic heterocycles. The number of hydrogen-bond donors (Lipinski definition) is 1. The van der Waals surface area contributed by atoms with Crippen LogP contribution in [0.4, 0.5) is 5.69 Å². The minimum Gasteiger partial charge on any atom is -0.476 e. The van der Waals surface area contributed by atoms with Gasteiger partial charge in [-0.05, 0) is 18.4 Å². The topological polar surface area (TPSA) is 66.6 Å². The molecule has 0 aromatic carbocycles. The quantitative estimate of drug-likeness (QED) is 0.668. The molecule has 0 bridgehead atoms. The second-order valence-electron chi connectivity index (χ2n) is 5.06. The van der Waals surface area contributed by atoms with Crippen LogP contribution in [0.3, 0.4) is 0 Å². The molecule has 0 atom stereocenters. The second kappa shape index (κ2) is 9.42. The minimum absolute atomic E-state index is 0.424. The third kappa shape index (κ3) is 6.61. The Hall–Kier alpha value is -1.49. The van der Waals surface area contributed by atoms with Gasteiger partial charge in [0, 0.05) is 12.7 Å². The summed E-state index contributed by atoms with van der Waals surface area (Å²) < 4.78 is 16.5. The number of rotatable bonds is 10. The highest BCUT2D eigenvalue weighted by Gasteiger charge is 2.06. The van der Waals surface area contributed by atoms with Crippen molar-refractivity contribution in [1.29, 1.82) is 0 Å². The van der Waals surface area contributed by atoms with Gasteiger partial charge in [0.05, 0.1) is 18.9 Å². The average molecular weight is 282 g/mol. The lowest BCUT2D eigenvalue weighted by atomic mass is 10.2. The molecule has 0 aliphatic rings. The first-order valence-corrected chi connectivity index (χ1v) is 7.23. The first kappa shape index (κ1) is 16.6. The monoisotopic (exact) mass is 282 g/mol. The van der Waals surface area contributed by atoms with Crippen LogP contribution in [-0.2, 0) is 4.74 Å². The molecule has 1 heterocycles. The number of aromatic nitrogens is 1. The number of ether oxygens (including phenoxy) is 3. The Balaban J connectivity index is 2.36. The molecule has 114 valence electrons. The standard InChI is InChI=1S/C15H26N2O3/c1-4-5-8-18-9-10-19-14-7-6-13(16)15(17-14)20-11-12(2)3/h6-7,12H,4-5,8-11,16H2,1-3H3. The fraction of sp³-hybridized carbons (Fsp3) is 0.667. The summed E-state index contributed by atoms with van der Waals surface area (Å²) in [7, 11) is 0. The lowest BCUT2D eigenvalue weighted by Crippen LogP contribution is -2.10. The van der Waals surface area contributed by atoms with Gasteiger partial charge in [-0.3, -0.25) is 0 Å². The number of pyridine rings is 1. The molecule has 1 aromatic heterocycles. The molecule has 0 radical (unpaired) electrons. The van der Waals surface area contributed by atoms with E-state index in [9.17, 15) is 0 Å². The minimum atomic E-state index is 0.424. The van der Waals surface area contributed by atoms with Crippen LogP contribution in [0.5, 0.6) is 11.8 Å². The Morgan fingerprint density at radius 2 is 1.95 bits per heavy atom. The van der Waals surface area contributed by atoms with Crippen LogP contribution in [0.2, 0.25) is 0 Å².